The van der Waals surface area contributed by atoms with Crippen LogP contribution >= 0.6 is 23.2 Å². The normalized spacial score (nSPS) is 14.0. The van der Waals surface area contributed by atoms with E-state index in [0.717, 1.165) is 48.3 Å². The van der Waals surface area contributed by atoms with Crippen molar-refractivity contribution in [2.75, 3.05) is 50.0 Å². The molecule has 1 aliphatic heterocycles. The Morgan fingerprint density at radius 3 is 2.27 bits per heavy atom. The van der Waals surface area contributed by atoms with Gasteiger partial charge in [0.1, 0.15) is 0 Å². The zero-order chi connectivity index (χ0) is 29.5. The molecular weight excluding hydrogens is 561 g/mol. The zero-order valence-corrected chi connectivity index (χ0v) is 24.8. The second kappa shape index (κ2) is 13.9. The highest BCUT2D eigenvalue weighted by Gasteiger charge is 2.27. The molecule has 1 aliphatic rings. The summed E-state index contributed by atoms with van der Waals surface area (Å²) in [5.41, 5.74) is 9.70. The van der Waals surface area contributed by atoms with Crippen LogP contribution in [0.1, 0.15) is 31.4 Å². The molecule has 0 radical (unpaired) electrons. The number of halogens is 2. The second-order valence-electron chi connectivity index (χ2n) is 10.3. The number of hydrogen-bond donors (Lipinski definition) is 2. The smallest absolute Gasteiger partial charge is 0.242 e. The highest BCUT2D eigenvalue weighted by molar-refractivity contribution is 6.42. The number of hydrogen-bond acceptors (Lipinski definition) is 5. The van der Waals surface area contributed by atoms with Crippen LogP contribution < -0.4 is 16.0 Å². The van der Waals surface area contributed by atoms with Crippen molar-refractivity contribution >= 4 is 52.3 Å². The van der Waals surface area contributed by atoms with E-state index in [1.807, 2.05) is 48.5 Å². The number of rotatable bonds is 11. The van der Waals surface area contributed by atoms with Crippen LogP contribution in [0.15, 0.2) is 66.7 Å². The number of amides is 3. The molecule has 1 heterocycles. The monoisotopic (exact) mass is 595 g/mol. The third-order valence-electron chi connectivity index (χ3n) is 7.28. The van der Waals surface area contributed by atoms with E-state index in [4.69, 9.17) is 28.9 Å². The van der Waals surface area contributed by atoms with E-state index in [9.17, 15) is 14.4 Å². The summed E-state index contributed by atoms with van der Waals surface area (Å²) in [6.07, 6.45) is 2.26. The predicted molar refractivity (Wildman–Crippen MR) is 165 cm³/mol. The van der Waals surface area contributed by atoms with Crippen LogP contribution in [0, 0.1) is 0 Å². The largest absolute Gasteiger partial charge is 0.368 e. The molecule has 1 saturated heterocycles. The average molecular weight is 597 g/mol. The van der Waals surface area contributed by atoms with Crippen molar-refractivity contribution in [2.45, 2.75) is 25.8 Å². The van der Waals surface area contributed by atoms with Gasteiger partial charge in [-0.05, 0) is 61.3 Å². The Kier molecular flexibility index (Phi) is 10.3. The molecular formula is C31H35Cl2N5O3. The van der Waals surface area contributed by atoms with Crippen molar-refractivity contribution < 1.29 is 14.4 Å². The molecule has 4 rings (SSSR count). The minimum absolute atomic E-state index is 0.0594. The predicted octanol–water partition coefficient (Wildman–Crippen LogP) is 5.21. The molecule has 41 heavy (non-hydrogen) atoms. The van der Waals surface area contributed by atoms with Gasteiger partial charge in [-0.3, -0.25) is 14.4 Å². The first kappa shape index (κ1) is 30.4. The SMILES string of the molecule is CC(=O)Nc1ccccc1-c1ccc([C@H](CN2CCCC2)N(C)C(=O)CN(CC(N)=O)c2ccc(Cl)c(Cl)c2)cc1. The number of para-hydroxylation sites is 1. The van der Waals surface area contributed by atoms with Crippen molar-refractivity contribution in [3.05, 3.63) is 82.3 Å². The number of nitrogens with zero attached hydrogens (tertiary/aromatic N) is 3. The summed E-state index contributed by atoms with van der Waals surface area (Å²) in [6, 6.07) is 20.5. The first-order chi connectivity index (χ1) is 19.6. The summed E-state index contributed by atoms with van der Waals surface area (Å²) in [5.74, 6) is -0.858. The van der Waals surface area contributed by atoms with Crippen LogP contribution in [0.2, 0.25) is 10.0 Å². The van der Waals surface area contributed by atoms with Crippen molar-refractivity contribution in [1.82, 2.24) is 9.80 Å². The van der Waals surface area contributed by atoms with Gasteiger partial charge in [-0.2, -0.15) is 0 Å². The Morgan fingerprint density at radius 1 is 0.951 bits per heavy atom. The lowest BCUT2D eigenvalue weighted by atomic mass is 9.98. The zero-order valence-electron chi connectivity index (χ0n) is 23.3. The fourth-order valence-electron chi connectivity index (χ4n) is 5.14. The number of anilines is 2. The maximum Gasteiger partial charge on any atom is 0.242 e. The van der Waals surface area contributed by atoms with Gasteiger partial charge >= 0.3 is 0 Å². The van der Waals surface area contributed by atoms with Crippen LogP contribution in [0.5, 0.6) is 0 Å². The lowest BCUT2D eigenvalue weighted by Crippen LogP contribution is -2.45. The summed E-state index contributed by atoms with van der Waals surface area (Å²) in [6.45, 7) is 3.94. The molecule has 0 unspecified atom stereocenters. The maximum atomic E-state index is 13.7. The quantitative estimate of drug-likeness (QED) is 0.317. The van der Waals surface area contributed by atoms with Crippen LogP contribution in [0.4, 0.5) is 11.4 Å². The van der Waals surface area contributed by atoms with Crippen LogP contribution in [-0.2, 0) is 14.4 Å². The van der Waals surface area contributed by atoms with Crippen molar-refractivity contribution in [3.63, 3.8) is 0 Å². The lowest BCUT2D eigenvalue weighted by Gasteiger charge is -2.34. The van der Waals surface area contributed by atoms with E-state index in [-0.39, 0.29) is 30.9 Å². The molecule has 0 aromatic heterocycles. The lowest BCUT2D eigenvalue weighted by molar-refractivity contribution is -0.131. The van der Waals surface area contributed by atoms with E-state index >= 15 is 0 Å². The van der Waals surface area contributed by atoms with E-state index < -0.39 is 5.91 Å². The Bertz CT molecular complexity index is 1390. The highest BCUT2D eigenvalue weighted by atomic mass is 35.5. The van der Waals surface area contributed by atoms with Crippen molar-refractivity contribution in [2.24, 2.45) is 5.73 Å². The van der Waals surface area contributed by atoms with E-state index in [1.54, 1.807) is 35.0 Å². The molecule has 1 atom stereocenters. The van der Waals surface area contributed by atoms with Gasteiger partial charge in [0.2, 0.25) is 17.7 Å². The number of primary amides is 1. The number of likely N-dealkylation sites (tertiary alicyclic amines) is 1. The Labute approximate surface area is 251 Å². The highest BCUT2D eigenvalue weighted by Crippen LogP contribution is 2.31. The van der Waals surface area contributed by atoms with Crippen LogP contribution in [0.3, 0.4) is 0 Å². The van der Waals surface area contributed by atoms with E-state index in [0.29, 0.717) is 22.3 Å². The molecule has 10 heteroatoms. The molecule has 1 fully saturated rings. The molecule has 8 nitrogen and oxygen atoms in total. The third-order valence-corrected chi connectivity index (χ3v) is 8.02. The van der Waals surface area contributed by atoms with Crippen LogP contribution in [-0.4, -0.2) is 67.3 Å². The van der Waals surface area contributed by atoms with Gasteiger partial charge in [-0.15, -0.1) is 0 Å². The fourth-order valence-corrected chi connectivity index (χ4v) is 5.43. The van der Waals surface area contributed by atoms with Gasteiger partial charge in [0.05, 0.1) is 29.2 Å². The minimum Gasteiger partial charge on any atom is -0.368 e. The third kappa shape index (κ3) is 8.00. The first-order valence-electron chi connectivity index (χ1n) is 13.6. The van der Waals surface area contributed by atoms with E-state index in [2.05, 4.69) is 10.2 Å². The molecule has 3 N–H and O–H groups in total. The number of carbonyl (C=O) groups excluding carboxylic acids is 3. The summed E-state index contributed by atoms with van der Waals surface area (Å²) < 4.78 is 0. The minimum atomic E-state index is -0.560. The molecule has 0 saturated carbocycles. The van der Waals surface area contributed by atoms with Gasteiger partial charge in [-0.25, -0.2) is 0 Å². The Morgan fingerprint density at radius 2 is 1.63 bits per heavy atom. The number of benzene rings is 3. The van der Waals surface area contributed by atoms with Gasteiger partial charge in [-0.1, -0.05) is 65.7 Å². The molecule has 0 aliphatic carbocycles. The second-order valence-corrected chi connectivity index (χ2v) is 11.1. The van der Waals surface area contributed by atoms with Crippen molar-refractivity contribution in [1.29, 1.82) is 0 Å². The van der Waals surface area contributed by atoms with Gasteiger partial charge in [0.25, 0.3) is 0 Å². The standard InChI is InChI=1S/C31H35Cl2N5O3/c1-21(39)35-28-8-4-3-7-25(28)22-9-11-23(12-10-22)29(18-37-15-5-6-16-37)36(2)31(41)20-38(19-30(34)40)24-13-14-26(32)27(33)17-24/h3-4,7-14,17,29H,5-6,15-16,18-20H2,1-2H3,(H2,34,40)(H,35,39)/t29-/m0/s1. The molecule has 3 amide bonds. The molecule has 0 bridgehead atoms. The van der Waals surface area contributed by atoms with Gasteiger partial charge < -0.3 is 25.8 Å². The van der Waals surface area contributed by atoms with Crippen molar-refractivity contribution in [3.8, 4) is 11.1 Å². The topological polar surface area (TPSA) is 99.0 Å². The molecule has 0 spiro atoms. The van der Waals surface area contributed by atoms with E-state index in [1.165, 1.54) is 6.92 Å². The van der Waals surface area contributed by atoms with Crippen LogP contribution in [0.25, 0.3) is 11.1 Å². The molecule has 216 valence electrons. The molecule has 3 aromatic carbocycles. The maximum absolute atomic E-state index is 13.7. The Hall–Kier alpha value is -3.59. The average Bonchev–Trinajstić information content (AvgIpc) is 3.46. The summed E-state index contributed by atoms with van der Waals surface area (Å²) in [4.78, 5) is 43.0. The molecule has 3 aromatic rings. The summed E-state index contributed by atoms with van der Waals surface area (Å²) in [5, 5.41) is 3.60. The number of likely N-dealkylation sites (N-methyl/N-ethyl adjacent to an activating group) is 1. The number of nitrogens with two attached hydrogens (primary N) is 1. The van der Waals surface area contributed by atoms with Gasteiger partial charge in [0, 0.05) is 37.5 Å². The number of carbonyl (C=O) groups is 3. The fraction of sp³-hybridized carbons (Fsp3) is 0.323. The first-order valence-corrected chi connectivity index (χ1v) is 14.3. The Balaban J connectivity index is 1.59. The van der Waals surface area contributed by atoms with Gasteiger partial charge in [0.15, 0.2) is 0 Å². The number of nitrogens with one attached hydrogen (secondary N) is 1. The summed E-state index contributed by atoms with van der Waals surface area (Å²) in [7, 11) is 1.79. The summed E-state index contributed by atoms with van der Waals surface area (Å²) >= 11 is 12.3.